The predicted octanol–water partition coefficient (Wildman–Crippen LogP) is 13.3. The van der Waals surface area contributed by atoms with Gasteiger partial charge in [-0.1, -0.05) is 131 Å². The molecule has 60 heavy (non-hydrogen) atoms. The van der Waals surface area contributed by atoms with Crippen LogP contribution >= 0.6 is 0 Å². The molecule has 288 valence electrons. The second-order valence-electron chi connectivity index (χ2n) is 17.5. The lowest BCUT2D eigenvalue weighted by Crippen LogP contribution is -2.35. The first kappa shape index (κ1) is 35.8. The number of fused-ring (bicyclic) bond motifs is 7. The third-order valence-electron chi connectivity index (χ3n) is 12.9. The van der Waals surface area contributed by atoms with Crippen molar-refractivity contribution < 1.29 is 0 Å². The second-order valence-corrected chi connectivity index (χ2v) is 17.5. The molecule has 0 radical (unpaired) electrons. The lowest BCUT2D eigenvalue weighted by atomic mass is 9.62. The summed E-state index contributed by atoms with van der Waals surface area (Å²) in [4.78, 5) is 15.6. The van der Waals surface area contributed by atoms with Crippen LogP contribution in [0.15, 0.2) is 158 Å². The van der Waals surface area contributed by atoms with E-state index in [1.807, 2.05) is 30.3 Å². The van der Waals surface area contributed by atoms with Gasteiger partial charge in [0, 0.05) is 32.7 Å². The summed E-state index contributed by atoms with van der Waals surface area (Å²) in [6, 6.07) is 57.5. The summed E-state index contributed by atoms with van der Waals surface area (Å²) in [7, 11) is 0. The normalized spacial score (nSPS) is 14.4. The number of rotatable bonds is 5. The van der Waals surface area contributed by atoms with E-state index in [2.05, 4.69) is 170 Å². The first-order valence-electron chi connectivity index (χ1n) is 20.7. The highest BCUT2D eigenvalue weighted by Gasteiger charge is 2.39. The van der Waals surface area contributed by atoms with Crippen LogP contribution in [0.1, 0.15) is 57.2 Å². The smallest absolute Gasteiger partial charge is 0.238 e. The molecule has 0 N–H and O–H groups in total. The molecule has 6 heteroatoms. The number of nitriles is 1. The van der Waals surface area contributed by atoms with Crippen LogP contribution in [0.2, 0.25) is 0 Å². The molecule has 3 aromatic heterocycles. The summed E-state index contributed by atoms with van der Waals surface area (Å²) >= 11 is 0. The zero-order valence-corrected chi connectivity index (χ0v) is 34.1. The molecule has 1 aliphatic rings. The Hall–Kier alpha value is -7.36. The SMILES string of the molecule is CC1(C)CCC(C)(C)c2c(-n3c4ccccc4c4cc5c6ccccc6n(-c6nc(-c7ccc(C#N)cc7)nc(-c7ccc(-c8ccccc8)cc7)n6)c5cc43)cccc21. The third-order valence-corrected chi connectivity index (χ3v) is 12.9. The maximum atomic E-state index is 9.59. The van der Waals surface area contributed by atoms with Crippen LogP contribution < -0.4 is 0 Å². The number of benzene rings is 7. The van der Waals surface area contributed by atoms with Gasteiger partial charge in [-0.15, -0.1) is 0 Å². The van der Waals surface area contributed by atoms with Gasteiger partial charge < -0.3 is 4.57 Å². The van der Waals surface area contributed by atoms with Gasteiger partial charge in [-0.05, 0) is 101 Å². The van der Waals surface area contributed by atoms with Crippen molar-refractivity contribution in [1.29, 1.82) is 5.26 Å². The van der Waals surface area contributed by atoms with E-state index in [4.69, 9.17) is 15.0 Å². The van der Waals surface area contributed by atoms with Gasteiger partial charge in [0.05, 0.1) is 39.4 Å². The van der Waals surface area contributed by atoms with Crippen molar-refractivity contribution in [3.63, 3.8) is 0 Å². The predicted molar refractivity (Wildman–Crippen MR) is 245 cm³/mol. The van der Waals surface area contributed by atoms with Crippen molar-refractivity contribution in [1.82, 2.24) is 24.1 Å². The lowest BCUT2D eigenvalue weighted by molar-refractivity contribution is 0.331. The summed E-state index contributed by atoms with van der Waals surface area (Å²) < 4.78 is 4.71. The Bertz CT molecular complexity index is 3360. The summed E-state index contributed by atoms with van der Waals surface area (Å²) in [6.45, 7) is 9.61. The third kappa shape index (κ3) is 5.57. The maximum absolute atomic E-state index is 9.59. The number of aromatic nitrogens is 5. The van der Waals surface area contributed by atoms with E-state index in [0.29, 0.717) is 23.2 Å². The van der Waals surface area contributed by atoms with Gasteiger partial charge in [-0.2, -0.15) is 15.2 Å². The summed E-state index contributed by atoms with van der Waals surface area (Å²) in [5, 5.41) is 14.3. The van der Waals surface area contributed by atoms with Crippen molar-refractivity contribution >= 4 is 43.6 Å². The molecule has 0 saturated heterocycles. The zero-order chi connectivity index (χ0) is 40.8. The molecule has 0 aliphatic heterocycles. The Balaban J connectivity index is 1.20. The van der Waals surface area contributed by atoms with Crippen molar-refractivity contribution in [2.75, 3.05) is 0 Å². The largest absolute Gasteiger partial charge is 0.309 e. The molecular formula is C54H42N6. The molecule has 7 aromatic carbocycles. The van der Waals surface area contributed by atoms with E-state index in [9.17, 15) is 5.26 Å². The fourth-order valence-corrected chi connectivity index (χ4v) is 9.65. The molecule has 6 nitrogen and oxygen atoms in total. The van der Waals surface area contributed by atoms with Crippen molar-refractivity contribution in [2.24, 2.45) is 0 Å². The Morgan fingerprint density at radius 1 is 0.467 bits per heavy atom. The summed E-state index contributed by atoms with van der Waals surface area (Å²) in [6.07, 6.45) is 2.28. The summed E-state index contributed by atoms with van der Waals surface area (Å²) in [5.74, 6) is 1.63. The molecule has 0 unspecified atom stereocenters. The molecule has 0 atom stereocenters. The van der Waals surface area contributed by atoms with Gasteiger partial charge in [-0.25, -0.2) is 4.98 Å². The van der Waals surface area contributed by atoms with Crippen LogP contribution in [0.4, 0.5) is 0 Å². The minimum atomic E-state index is 0.000559. The first-order valence-corrected chi connectivity index (χ1v) is 20.7. The minimum absolute atomic E-state index is 0.000559. The zero-order valence-electron chi connectivity index (χ0n) is 34.1. The maximum Gasteiger partial charge on any atom is 0.238 e. The van der Waals surface area contributed by atoms with Crippen molar-refractivity contribution in [2.45, 2.75) is 51.4 Å². The molecule has 11 rings (SSSR count). The van der Waals surface area contributed by atoms with Crippen LogP contribution in [-0.2, 0) is 10.8 Å². The number of nitrogens with zero attached hydrogens (tertiary/aromatic N) is 6. The van der Waals surface area contributed by atoms with Crippen LogP contribution in [0, 0.1) is 11.3 Å². The average molecular weight is 775 g/mol. The molecule has 10 aromatic rings. The highest BCUT2D eigenvalue weighted by molar-refractivity contribution is 6.19. The van der Waals surface area contributed by atoms with E-state index >= 15 is 0 Å². The van der Waals surface area contributed by atoms with Crippen LogP contribution in [0.25, 0.3) is 89.2 Å². The standard InChI is InChI=1S/C54H42N6/c1-53(2)29-30-54(3,4)49-43(53)17-12-20-46(49)59-44-18-10-8-15-39(44)41-31-42-40-16-9-11-19-45(40)60(48(42)32-47(41)59)52-57-50(37-23-21-34(33-55)22-24-37)56-51(58-52)38-27-25-36(26-28-38)35-13-6-5-7-14-35/h5-28,31-32H,29-30H2,1-4H3. The van der Waals surface area contributed by atoms with E-state index in [1.165, 1.54) is 33.1 Å². The summed E-state index contributed by atoms with van der Waals surface area (Å²) in [5.41, 5.74) is 13.1. The first-order chi connectivity index (χ1) is 29.2. The van der Waals surface area contributed by atoms with Gasteiger partial charge in [-0.3, -0.25) is 4.57 Å². The molecule has 0 saturated carbocycles. The number of para-hydroxylation sites is 2. The number of hydrogen-bond donors (Lipinski definition) is 0. The van der Waals surface area contributed by atoms with Gasteiger partial charge in [0.25, 0.3) is 0 Å². The fraction of sp³-hybridized carbons (Fsp3) is 0.148. The van der Waals surface area contributed by atoms with E-state index in [0.717, 1.165) is 62.4 Å². The Morgan fingerprint density at radius 2 is 1.00 bits per heavy atom. The molecule has 0 bridgehead atoms. The van der Waals surface area contributed by atoms with Crippen molar-refractivity contribution in [3.05, 3.63) is 174 Å². The topological polar surface area (TPSA) is 72.3 Å². The van der Waals surface area contributed by atoms with E-state index < -0.39 is 0 Å². The fourth-order valence-electron chi connectivity index (χ4n) is 9.65. The molecule has 0 amide bonds. The molecule has 0 fully saturated rings. The van der Waals surface area contributed by atoms with Crippen LogP contribution in [0.3, 0.4) is 0 Å². The van der Waals surface area contributed by atoms with Gasteiger partial charge in [0.1, 0.15) is 0 Å². The highest BCUT2D eigenvalue weighted by atomic mass is 15.2. The second kappa shape index (κ2) is 13.3. The van der Waals surface area contributed by atoms with Gasteiger partial charge in [0.2, 0.25) is 5.95 Å². The molecule has 3 heterocycles. The lowest BCUT2D eigenvalue weighted by Gasteiger charge is -2.43. The Kier molecular flexibility index (Phi) is 7.95. The highest BCUT2D eigenvalue weighted by Crippen LogP contribution is 2.49. The van der Waals surface area contributed by atoms with E-state index in [-0.39, 0.29) is 10.8 Å². The Labute approximate surface area is 349 Å². The molecule has 0 spiro atoms. The van der Waals surface area contributed by atoms with Gasteiger partial charge >= 0.3 is 0 Å². The van der Waals surface area contributed by atoms with E-state index in [1.54, 1.807) is 0 Å². The minimum Gasteiger partial charge on any atom is -0.309 e. The number of hydrogen-bond acceptors (Lipinski definition) is 4. The van der Waals surface area contributed by atoms with Gasteiger partial charge in [0.15, 0.2) is 11.6 Å². The van der Waals surface area contributed by atoms with Crippen LogP contribution in [0.5, 0.6) is 0 Å². The molecular weight excluding hydrogens is 733 g/mol. The monoisotopic (exact) mass is 774 g/mol. The quantitative estimate of drug-likeness (QED) is 0.175. The van der Waals surface area contributed by atoms with Crippen LogP contribution in [-0.4, -0.2) is 24.1 Å². The van der Waals surface area contributed by atoms with Crippen molar-refractivity contribution in [3.8, 4) is 51.6 Å². The molecule has 1 aliphatic carbocycles. The average Bonchev–Trinajstić information content (AvgIpc) is 3.79. The Morgan fingerprint density at radius 3 is 1.65 bits per heavy atom.